The van der Waals surface area contributed by atoms with Gasteiger partial charge in [-0.3, -0.25) is 0 Å². The average molecular weight is 251 g/mol. The summed E-state index contributed by atoms with van der Waals surface area (Å²) in [7, 11) is 0. The summed E-state index contributed by atoms with van der Waals surface area (Å²) in [4.78, 5) is 4.39. The largest absolute Gasteiger partial charge is 0.219 e. The molecule has 1 nitrogen and oxygen atoms in total. The number of fused-ring (bicyclic) bond motifs is 2. The molecular weight excluding hydrogens is 238 g/mol. The minimum Gasteiger partial charge on any atom is -0.219 e. The minimum atomic E-state index is 0.0115. The summed E-state index contributed by atoms with van der Waals surface area (Å²) in [5, 5.41) is 2.56. The molecule has 18 heavy (non-hydrogen) atoms. The quantitative estimate of drug-likeness (QED) is 0.551. The summed E-state index contributed by atoms with van der Waals surface area (Å²) in [6.07, 6.45) is 2.13. The first kappa shape index (κ1) is 11.3. The van der Waals surface area contributed by atoms with Crippen LogP contribution in [-0.4, -0.2) is 5.16 Å². The number of nitrogens with zero attached hydrogens (tertiary/aromatic N) is 1. The second-order valence-electron chi connectivity index (χ2n) is 4.52. The van der Waals surface area contributed by atoms with Crippen LogP contribution in [-0.2, 0) is 12.8 Å². The standard InChI is InChI=1S/C16H13NS/c18-11-17-16-14-7-3-1-5-12(14)9-10-13-6-2-4-8-15(13)16/h1-8,16H,9-10H2. The first-order valence-electron chi connectivity index (χ1n) is 6.13. The number of isothiocyanates is 1. The van der Waals surface area contributed by atoms with E-state index < -0.39 is 0 Å². The van der Waals surface area contributed by atoms with Gasteiger partial charge in [0.05, 0.1) is 5.16 Å². The highest BCUT2D eigenvalue weighted by atomic mass is 32.1. The summed E-state index contributed by atoms with van der Waals surface area (Å²) >= 11 is 4.82. The molecule has 0 atom stereocenters. The van der Waals surface area contributed by atoms with E-state index in [1.54, 1.807) is 0 Å². The molecule has 2 aromatic rings. The molecule has 0 aromatic heterocycles. The molecule has 2 heteroatoms. The molecule has 1 aliphatic carbocycles. The molecule has 3 rings (SSSR count). The Labute approximate surface area is 112 Å². The van der Waals surface area contributed by atoms with E-state index in [9.17, 15) is 0 Å². The molecule has 0 amide bonds. The number of hydrogen-bond donors (Lipinski definition) is 0. The second-order valence-corrected chi connectivity index (χ2v) is 4.70. The molecule has 0 heterocycles. The number of thiocarbonyl (C=S) groups is 1. The Morgan fingerprint density at radius 1 is 0.889 bits per heavy atom. The molecule has 2 aromatic carbocycles. The van der Waals surface area contributed by atoms with Crippen molar-refractivity contribution in [2.24, 2.45) is 4.99 Å². The van der Waals surface area contributed by atoms with Crippen LogP contribution in [0.3, 0.4) is 0 Å². The van der Waals surface area contributed by atoms with Crippen LogP contribution in [0.2, 0.25) is 0 Å². The van der Waals surface area contributed by atoms with Crippen molar-refractivity contribution in [3.05, 3.63) is 70.8 Å². The normalized spacial score (nSPS) is 14.0. The number of hydrogen-bond acceptors (Lipinski definition) is 2. The van der Waals surface area contributed by atoms with E-state index in [4.69, 9.17) is 12.2 Å². The summed E-state index contributed by atoms with van der Waals surface area (Å²) in [5.41, 5.74) is 5.26. The third-order valence-corrected chi connectivity index (χ3v) is 3.65. The van der Waals surface area contributed by atoms with Gasteiger partial charge in [-0.15, -0.1) is 0 Å². The number of benzene rings is 2. The van der Waals surface area contributed by atoms with Gasteiger partial charge in [0.15, 0.2) is 0 Å². The summed E-state index contributed by atoms with van der Waals surface area (Å²) in [6.45, 7) is 0. The highest BCUT2D eigenvalue weighted by Gasteiger charge is 2.22. The van der Waals surface area contributed by atoms with Crippen LogP contribution in [0.15, 0.2) is 53.5 Å². The molecule has 0 spiro atoms. The fourth-order valence-corrected chi connectivity index (χ4v) is 2.79. The predicted molar refractivity (Wildman–Crippen MR) is 77.2 cm³/mol. The lowest BCUT2D eigenvalue weighted by molar-refractivity contribution is 0.873. The van der Waals surface area contributed by atoms with Crippen molar-refractivity contribution >= 4 is 17.4 Å². The maximum Gasteiger partial charge on any atom is 0.111 e. The highest BCUT2D eigenvalue weighted by Crippen LogP contribution is 2.34. The van der Waals surface area contributed by atoms with Crippen molar-refractivity contribution in [2.45, 2.75) is 18.9 Å². The Bertz CT molecular complexity index is 579. The lowest BCUT2D eigenvalue weighted by Gasteiger charge is -2.14. The van der Waals surface area contributed by atoms with Gasteiger partial charge in [0.1, 0.15) is 6.04 Å². The van der Waals surface area contributed by atoms with E-state index in [2.05, 4.69) is 58.7 Å². The smallest absolute Gasteiger partial charge is 0.111 e. The average Bonchev–Trinajstić information content (AvgIpc) is 2.58. The molecule has 0 saturated carbocycles. The summed E-state index contributed by atoms with van der Waals surface area (Å²) in [6, 6.07) is 17.0. The lowest BCUT2D eigenvalue weighted by Crippen LogP contribution is -2.00. The molecule has 0 fully saturated rings. The minimum absolute atomic E-state index is 0.0115. The SMILES string of the molecule is S=C=NC1c2ccccc2CCc2ccccc21. The number of rotatable bonds is 1. The van der Waals surface area contributed by atoms with Gasteiger partial charge in [-0.1, -0.05) is 48.5 Å². The molecule has 0 bridgehead atoms. The van der Waals surface area contributed by atoms with Gasteiger partial charge in [0.25, 0.3) is 0 Å². The topological polar surface area (TPSA) is 12.4 Å². The lowest BCUT2D eigenvalue weighted by atomic mass is 9.95. The molecule has 0 unspecified atom stereocenters. The Morgan fingerprint density at radius 2 is 1.39 bits per heavy atom. The number of aryl methyl sites for hydroxylation is 2. The van der Waals surface area contributed by atoms with Crippen molar-refractivity contribution in [3.8, 4) is 0 Å². The Hall–Kier alpha value is -1.76. The molecule has 0 aliphatic heterocycles. The molecule has 0 N–H and O–H groups in total. The van der Waals surface area contributed by atoms with Crippen LogP contribution in [0.25, 0.3) is 0 Å². The van der Waals surface area contributed by atoms with Crippen molar-refractivity contribution in [1.29, 1.82) is 0 Å². The molecule has 88 valence electrons. The molecule has 1 aliphatic rings. The Kier molecular flexibility index (Phi) is 3.06. The van der Waals surface area contributed by atoms with Crippen molar-refractivity contribution in [1.82, 2.24) is 0 Å². The third-order valence-electron chi connectivity index (χ3n) is 3.54. The van der Waals surface area contributed by atoms with E-state index in [1.807, 2.05) is 0 Å². The zero-order chi connectivity index (χ0) is 12.4. The zero-order valence-electron chi connectivity index (χ0n) is 9.97. The third kappa shape index (κ3) is 1.90. The summed E-state index contributed by atoms with van der Waals surface area (Å²) in [5.74, 6) is 0. The van der Waals surface area contributed by atoms with Crippen LogP contribution in [0.4, 0.5) is 0 Å². The van der Waals surface area contributed by atoms with E-state index in [-0.39, 0.29) is 6.04 Å². The van der Waals surface area contributed by atoms with Crippen molar-refractivity contribution in [3.63, 3.8) is 0 Å². The van der Waals surface area contributed by atoms with E-state index in [0.29, 0.717) is 0 Å². The van der Waals surface area contributed by atoms with E-state index >= 15 is 0 Å². The van der Waals surface area contributed by atoms with Crippen LogP contribution in [0, 0.1) is 0 Å². The van der Waals surface area contributed by atoms with Crippen LogP contribution >= 0.6 is 12.2 Å². The van der Waals surface area contributed by atoms with E-state index in [0.717, 1.165) is 12.8 Å². The van der Waals surface area contributed by atoms with Gasteiger partial charge < -0.3 is 0 Å². The van der Waals surface area contributed by atoms with Crippen molar-refractivity contribution < 1.29 is 0 Å². The number of aliphatic imine (C=N–C) groups is 1. The maximum absolute atomic E-state index is 4.82. The second kappa shape index (κ2) is 4.85. The Morgan fingerprint density at radius 3 is 1.89 bits per heavy atom. The maximum atomic E-state index is 4.82. The van der Waals surface area contributed by atoms with Gasteiger partial charge in [-0.25, -0.2) is 4.99 Å². The van der Waals surface area contributed by atoms with Gasteiger partial charge >= 0.3 is 0 Å². The molecule has 0 saturated heterocycles. The fraction of sp³-hybridized carbons (Fsp3) is 0.188. The van der Waals surface area contributed by atoms with Gasteiger partial charge in [0.2, 0.25) is 0 Å². The van der Waals surface area contributed by atoms with Crippen LogP contribution in [0.5, 0.6) is 0 Å². The zero-order valence-corrected chi connectivity index (χ0v) is 10.8. The first-order chi connectivity index (χ1) is 8.90. The van der Waals surface area contributed by atoms with Gasteiger partial charge in [-0.2, -0.15) is 0 Å². The monoisotopic (exact) mass is 251 g/mol. The van der Waals surface area contributed by atoms with Crippen LogP contribution < -0.4 is 0 Å². The molecule has 0 radical (unpaired) electrons. The summed E-state index contributed by atoms with van der Waals surface area (Å²) < 4.78 is 0. The molecular formula is C16H13NS. The highest BCUT2D eigenvalue weighted by molar-refractivity contribution is 7.78. The Balaban J connectivity index is 2.24. The van der Waals surface area contributed by atoms with Gasteiger partial charge in [-0.05, 0) is 47.3 Å². The predicted octanol–water partition coefficient (Wildman–Crippen LogP) is 3.98. The van der Waals surface area contributed by atoms with Gasteiger partial charge in [0, 0.05) is 0 Å². The van der Waals surface area contributed by atoms with Crippen molar-refractivity contribution in [2.75, 3.05) is 0 Å². The fourth-order valence-electron chi connectivity index (χ4n) is 2.69. The first-order valence-corrected chi connectivity index (χ1v) is 6.53. The van der Waals surface area contributed by atoms with Crippen LogP contribution in [0.1, 0.15) is 28.3 Å². The van der Waals surface area contributed by atoms with E-state index in [1.165, 1.54) is 22.3 Å².